The first-order valence-electron chi connectivity index (χ1n) is 5.89. The van der Waals surface area contributed by atoms with Gasteiger partial charge >= 0.3 is 5.97 Å². The second kappa shape index (κ2) is 5.36. The largest absolute Gasteiger partial charge is 0.463 e. The highest BCUT2D eigenvalue weighted by atomic mass is 16.5. The van der Waals surface area contributed by atoms with Crippen LogP contribution in [-0.4, -0.2) is 18.4 Å². The Bertz CT molecular complexity index is 624. The third kappa shape index (κ3) is 2.80. The van der Waals surface area contributed by atoms with Crippen molar-refractivity contribution in [3.05, 3.63) is 34.9 Å². The molecule has 96 valence electrons. The molecule has 0 aromatic heterocycles. The maximum Gasteiger partial charge on any atom is 0.334 e. The lowest BCUT2D eigenvalue weighted by Gasteiger charge is -2.04. The van der Waals surface area contributed by atoms with Gasteiger partial charge in [0.2, 0.25) is 0 Å². The van der Waals surface area contributed by atoms with Crippen molar-refractivity contribution in [3.63, 3.8) is 0 Å². The lowest BCUT2D eigenvalue weighted by molar-refractivity contribution is -0.138. The minimum absolute atomic E-state index is 0.245. The maximum atomic E-state index is 11.8. The second-order valence-corrected chi connectivity index (χ2v) is 4.06. The van der Waals surface area contributed by atoms with Crippen molar-refractivity contribution in [2.75, 3.05) is 6.61 Å². The first-order chi connectivity index (χ1) is 9.13. The molecule has 1 aromatic rings. The highest BCUT2D eigenvalue weighted by Crippen LogP contribution is 2.27. The zero-order chi connectivity index (χ0) is 13.8. The molecular formula is C14H13N3O2. The summed E-state index contributed by atoms with van der Waals surface area (Å²) in [5, 5.41) is 8.90. The van der Waals surface area contributed by atoms with Gasteiger partial charge in [-0.15, -0.1) is 0 Å². The summed E-state index contributed by atoms with van der Waals surface area (Å²) >= 11 is 0. The molecule has 0 amide bonds. The normalized spacial score (nSPS) is 13.5. The number of esters is 1. The highest BCUT2D eigenvalue weighted by molar-refractivity contribution is 6.03. The first-order valence-corrected chi connectivity index (χ1v) is 5.89. The number of ether oxygens (including phenoxy) is 1. The lowest BCUT2D eigenvalue weighted by Crippen LogP contribution is -2.16. The fraction of sp³-hybridized carbons (Fsp3) is 0.214. The number of carbonyl (C=O) groups excluding carboxylic acids is 1. The number of hydrogen-bond donors (Lipinski definition) is 1. The molecule has 19 heavy (non-hydrogen) atoms. The number of nitrogens with two attached hydrogens (primary N) is 1. The minimum atomic E-state index is -0.407. The van der Waals surface area contributed by atoms with E-state index in [1.807, 2.05) is 0 Å². The average Bonchev–Trinajstić information content (AvgIpc) is 2.56. The fourth-order valence-corrected chi connectivity index (χ4v) is 1.82. The number of rotatable bonds is 2. The summed E-state index contributed by atoms with van der Waals surface area (Å²) < 4.78 is 4.97. The zero-order valence-electron chi connectivity index (χ0n) is 10.5. The van der Waals surface area contributed by atoms with E-state index in [0.29, 0.717) is 34.8 Å². The third-order valence-electron chi connectivity index (χ3n) is 2.66. The molecule has 0 spiro atoms. The number of amidine groups is 1. The number of hydrogen-bond acceptors (Lipinski definition) is 5. The van der Waals surface area contributed by atoms with Crippen molar-refractivity contribution in [2.45, 2.75) is 13.3 Å². The number of fused-ring (bicyclic) bond motifs is 1. The van der Waals surface area contributed by atoms with Crippen LogP contribution in [0.2, 0.25) is 0 Å². The SMILES string of the molecule is CCOC(=O)C1=Cc2cc(C#N)ccc2N=C(N)C1. The van der Waals surface area contributed by atoms with E-state index < -0.39 is 5.97 Å². The van der Waals surface area contributed by atoms with Crippen LogP contribution in [0.15, 0.2) is 28.8 Å². The molecule has 0 saturated carbocycles. The van der Waals surface area contributed by atoms with E-state index in [9.17, 15) is 4.79 Å². The Hall–Kier alpha value is -2.61. The smallest absolute Gasteiger partial charge is 0.334 e. The minimum Gasteiger partial charge on any atom is -0.463 e. The molecule has 1 heterocycles. The van der Waals surface area contributed by atoms with Crippen LogP contribution in [-0.2, 0) is 9.53 Å². The maximum absolute atomic E-state index is 11.8. The molecule has 0 atom stereocenters. The molecule has 0 unspecified atom stereocenters. The lowest BCUT2D eigenvalue weighted by atomic mass is 10.1. The molecule has 0 fully saturated rings. The van der Waals surface area contributed by atoms with E-state index in [1.54, 1.807) is 31.2 Å². The van der Waals surface area contributed by atoms with Gasteiger partial charge in [0.25, 0.3) is 0 Å². The van der Waals surface area contributed by atoms with Gasteiger partial charge < -0.3 is 10.5 Å². The van der Waals surface area contributed by atoms with E-state index >= 15 is 0 Å². The Morgan fingerprint density at radius 2 is 2.37 bits per heavy atom. The van der Waals surface area contributed by atoms with Crippen LogP contribution in [0.1, 0.15) is 24.5 Å². The summed E-state index contributed by atoms with van der Waals surface area (Å²) in [6.45, 7) is 2.05. The van der Waals surface area contributed by atoms with Gasteiger partial charge in [0.15, 0.2) is 0 Å². The van der Waals surface area contributed by atoms with Crippen LogP contribution >= 0.6 is 0 Å². The number of benzene rings is 1. The first kappa shape index (κ1) is 12.8. The van der Waals surface area contributed by atoms with Crippen LogP contribution in [0.4, 0.5) is 5.69 Å². The molecule has 0 bridgehead atoms. The van der Waals surface area contributed by atoms with Crippen LogP contribution < -0.4 is 5.73 Å². The van der Waals surface area contributed by atoms with Crippen molar-refractivity contribution < 1.29 is 9.53 Å². The molecule has 5 nitrogen and oxygen atoms in total. The molecule has 0 radical (unpaired) electrons. The summed E-state index contributed by atoms with van der Waals surface area (Å²) in [5.74, 6) is -0.0568. The molecule has 0 aliphatic carbocycles. The Morgan fingerprint density at radius 1 is 1.58 bits per heavy atom. The number of nitrogens with zero attached hydrogens (tertiary/aromatic N) is 2. The van der Waals surface area contributed by atoms with Gasteiger partial charge in [0.05, 0.1) is 23.9 Å². The quantitative estimate of drug-likeness (QED) is 0.817. The number of carbonyl (C=O) groups is 1. The van der Waals surface area contributed by atoms with Crippen LogP contribution in [0.25, 0.3) is 6.08 Å². The molecule has 1 aromatic carbocycles. The number of aliphatic imine (C=N–C) groups is 1. The zero-order valence-corrected chi connectivity index (χ0v) is 10.5. The molecule has 2 rings (SSSR count). The van der Waals surface area contributed by atoms with Crippen molar-refractivity contribution in [1.82, 2.24) is 0 Å². The molecule has 5 heteroatoms. The number of nitriles is 1. The van der Waals surface area contributed by atoms with Crippen LogP contribution in [0.5, 0.6) is 0 Å². The Labute approximate surface area is 111 Å². The van der Waals surface area contributed by atoms with Crippen molar-refractivity contribution >= 4 is 23.6 Å². The summed E-state index contributed by atoms with van der Waals surface area (Å²) in [4.78, 5) is 16.0. The average molecular weight is 255 g/mol. The summed E-state index contributed by atoms with van der Waals surface area (Å²) in [7, 11) is 0. The predicted molar refractivity (Wildman–Crippen MR) is 71.7 cm³/mol. The third-order valence-corrected chi connectivity index (χ3v) is 2.66. The molecule has 1 aliphatic heterocycles. The molecule has 0 saturated heterocycles. The van der Waals surface area contributed by atoms with Crippen LogP contribution in [0, 0.1) is 11.3 Å². The van der Waals surface area contributed by atoms with Gasteiger partial charge in [-0.2, -0.15) is 5.26 Å². The summed E-state index contributed by atoms with van der Waals surface area (Å²) in [6, 6.07) is 7.11. The van der Waals surface area contributed by atoms with Gasteiger partial charge in [-0.3, -0.25) is 0 Å². The molecule has 2 N–H and O–H groups in total. The van der Waals surface area contributed by atoms with Gasteiger partial charge in [-0.05, 0) is 31.2 Å². The second-order valence-electron chi connectivity index (χ2n) is 4.06. The van der Waals surface area contributed by atoms with E-state index in [-0.39, 0.29) is 6.42 Å². The Morgan fingerprint density at radius 3 is 3.05 bits per heavy atom. The van der Waals surface area contributed by atoms with Crippen molar-refractivity contribution in [1.29, 1.82) is 5.26 Å². The topological polar surface area (TPSA) is 88.5 Å². The fourth-order valence-electron chi connectivity index (χ4n) is 1.82. The van der Waals surface area contributed by atoms with Gasteiger partial charge in [-0.25, -0.2) is 9.79 Å². The van der Waals surface area contributed by atoms with E-state index in [0.717, 1.165) is 0 Å². The van der Waals surface area contributed by atoms with Gasteiger partial charge in [0, 0.05) is 17.6 Å². The Kier molecular flexibility index (Phi) is 3.62. The monoisotopic (exact) mass is 255 g/mol. The highest BCUT2D eigenvalue weighted by Gasteiger charge is 2.17. The standard InChI is InChI=1S/C14H13N3O2/c1-2-19-14(18)11-6-10-5-9(8-15)3-4-12(10)17-13(16)7-11/h3-6H,2,7H2,1H3,(H2,16,17). The molecule has 1 aliphatic rings. The van der Waals surface area contributed by atoms with Gasteiger partial charge in [-0.1, -0.05) is 0 Å². The summed E-state index contributed by atoms with van der Waals surface area (Å²) in [5.41, 5.74) is 8.08. The van der Waals surface area contributed by atoms with E-state index in [4.69, 9.17) is 15.7 Å². The van der Waals surface area contributed by atoms with Crippen molar-refractivity contribution in [3.8, 4) is 6.07 Å². The van der Waals surface area contributed by atoms with Gasteiger partial charge in [0.1, 0.15) is 5.84 Å². The van der Waals surface area contributed by atoms with E-state index in [1.165, 1.54) is 0 Å². The Balaban J connectivity index is 2.49. The van der Waals surface area contributed by atoms with Crippen molar-refractivity contribution in [2.24, 2.45) is 10.7 Å². The molecular weight excluding hydrogens is 242 g/mol. The van der Waals surface area contributed by atoms with E-state index in [2.05, 4.69) is 11.1 Å². The van der Waals surface area contributed by atoms with Crippen LogP contribution in [0.3, 0.4) is 0 Å². The predicted octanol–water partition coefficient (Wildman–Crippen LogP) is 1.90. The summed E-state index contributed by atoms with van der Waals surface area (Å²) in [6.07, 6.45) is 1.92.